The zero-order valence-electron chi connectivity index (χ0n) is 33.0. The molecule has 0 aliphatic heterocycles. The normalized spacial score (nSPS) is 13.7. The third kappa shape index (κ3) is 39.2. The molecule has 0 heterocycles. The number of hydrogen-bond donors (Lipinski definition) is 3. The summed E-state index contributed by atoms with van der Waals surface area (Å²) in [7, 11) is -4.78. The highest BCUT2D eigenvalue weighted by Gasteiger charge is 2.22. The maximum absolute atomic E-state index is 12.4. The molecule has 0 bridgehead atoms. The summed E-state index contributed by atoms with van der Waals surface area (Å²) in [4.78, 5) is 42.8. The Bertz CT molecular complexity index is 1010. The highest BCUT2D eigenvalue weighted by Crippen LogP contribution is 2.36. The lowest BCUT2D eigenvalue weighted by Crippen LogP contribution is -2.29. The van der Waals surface area contributed by atoms with Crippen LogP contribution in [0.3, 0.4) is 0 Å². The van der Waals surface area contributed by atoms with Gasteiger partial charge in [0.25, 0.3) is 0 Å². The molecule has 0 saturated heterocycles. The van der Waals surface area contributed by atoms with Crippen molar-refractivity contribution >= 4 is 19.8 Å². The number of rotatable bonds is 36. The smallest absolute Gasteiger partial charge is 0.462 e. The number of phosphoric acid groups is 1. The molecule has 9 nitrogen and oxygen atoms in total. The molecule has 0 spiro atoms. The molecule has 0 aliphatic carbocycles. The van der Waals surface area contributed by atoms with E-state index in [-0.39, 0.29) is 19.4 Å². The van der Waals surface area contributed by atoms with Crippen LogP contribution in [0.25, 0.3) is 0 Å². The zero-order valence-corrected chi connectivity index (χ0v) is 33.9. The van der Waals surface area contributed by atoms with E-state index in [1.54, 1.807) is 12.2 Å². The molecule has 0 saturated carbocycles. The maximum atomic E-state index is 12.4. The Morgan fingerprint density at radius 2 is 1.23 bits per heavy atom. The Kier molecular flexibility index (Phi) is 34.6. The minimum atomic E-state index is -4.78. The minimum Gasteiger partial charge on any atom is -0.462 e. The van der Waals surface area contributed by atoms with Crippen LogP contribution in [-0.4, -0.2) is 52.3 Å². The van der Waals surface area contributed by atoms with E-state index in [9.17, 15) is 19.3 Å². The van der Waals surface area contributed by atoms with Gasteiger partial charge < -0.3 is 24.4 Å². The second kappa shape index (κ2) is 36.0. The average Bonchev–Trinajstić information content (AvgIpc) is 3.09. The van der Waals surface area contributed by atoms with Gasteiger partial charge in [-0.3, -0.25) is 14.1 Å². The van der Waals surface area contributed by atoms with Gasteiger partial charge in [-0.25, -0.2) is 4.57 Å². The lowest BCUT2D eigenvalue weighted by atomic mass is 10.0. The molecule has 302 valence electrons. The first-order chi connectivity index (χ1) is 25.0. The van der Waals surface area contributed by atoms with Gasteiger partial charge in [0.15, 0.2) is 6.10 Å². The van der Waals surface area contributed by atoms with Crippen molar-refractivity contribution in [3.05, 3.63) is 48.6 Å². The molecule has 0 aromatic heterocycles. The van der Waals surface area contributed by atoms with E-state index >= 15 is 0 Å². The molecule has 10 heteroatoms. The molecular formula is C42H75O9P. The SMILES string of the molecule is CCCCC/C=C\C/C=C\CC(O)/C=C\C=C\CCCC(=O)OC[C@H](COP(=O)(O)O)OC(=O)CCCCCCCCCCCCCCCC(C)C. The molecule has 0 rings (SSSR count). The Morgan fingerprint density at radius 1 is 0.654 bits per heavy atom. The van der Waals surface area contributed by atoms with E-state index < -0.39 is 38.6 Å². The summed E-state index contributed by atoms with van der Waals surface area (Å²) >= 11 is 0. The van der Waals surface area contributed by atoms with Crippen LogP contribution in [0.1, 0.15) is 175 Å². The lowest BCUT2D eigenvalue weighted by Gasteiger charge is -2.18. The fraction of sp³-hybridized carbons (Fsp3) is 0.762. The van der Waals surface area contributed by atoms with Crippen molar-refractivity contribution in [3.8, 4) is 0 Å². The number of esters is 2. The number of phosphoric ester groups is 1. The fourth-order valence-corrected chi connectivity index (χ4v) is 5.87. The zero-order chi connectivity index (χ0) is 38.5. The molecular weight excluding hydrogens is 679 g/mol. The van der Waals surface area contributed by atoms with E-state index in [0.717, 1.165) is 38.0 Å². The van der Waals surface area contributed by atoms with E-state index in [1.165, 1.54) is 83.5 Å². The van der Waals surface area contributed by atoms with E-state index in [4.69, 9.17) is 19.3 Å². The van der Waals surface area contributed by atoms with Crippen molar-refractivity contribution in [1.29, 1.82) is 0 Å². The van der Waals surface area contributed by atoms with Crippen LogP contribution in [0.15, 0.2) is 48.6 Å². The standard InChI is InChI=1S/C42H75O9P/c1-4-5-6-7-8-14-18-22-27-32-39(43)33-28-23-20-25-29-34-41(44)49-36-40(37-50-52(46,47)48)51-42(45)35-30-24-19-16-13-11-9-10-12-15-17-21-26-31-38(2)3/h8,14,20,22-23,27-28,33,38-40,43H,4-7,9-13,15-19,21,24-26,29-32,34-37H2,1-3H3,(H2,46,47,48)/b14-8-,23-20+,27-22-,33-28-/t39?,40-/m1/s1. The van der Waals surface area contributed by atoms with Crippen LogP contribution < -0.4 is 0 Å². The van der Waals surface area contributed by atoms with E-state index in [0.29, 0.717) is 25.7 Å². The number of hydrogen-bond acceptors (Lipinski definition) is 7. The van der Waals surface area contributed by atoms with Crippen LogP contribution >= 0.6 is 7.82 Å². The Morgan fingerprint density at radius 3 is 1.85 bits per heavy atom. The predicted molar refractivity (Wildman–Crippen MR) is 213 cm³/mol. The Labute approximate surface area is 317 Å². The summed E-state index contributed by atoms with van der Waals surface area (Å²) in [5.41, 5.74) is 0. The van der Waals surface area contributed by atoms with Crippen LogP contribution in [0, 0.1) is 5.92 Å². The topological polar surface area (TPSA) is 140 Å². The monoisotopic (exact) mass is 755 g/mol. The minimum absolute atomic E-state index is 0.132. The molecule has 52 heavy (non-hydrogen) atoms. The number of carbonyl (C=O) groups excluding carboxylic acids is 2. The van der Waals surface area contributed by atoms with Gasteiger partial charge in [-0.2, -0.15) is 0 Å². The summed E-state index contributed by atoms with van der Waals surface area (Å²) in [6.07, 6.45) is 38.6. The highest BCUT2D eigenvalue weighted by atomic mass is 31.2. The Balaban J connectivity index is 4.11. The van der Waals surface area contributed by atoms with Gasteiger partial charge in [-0.15, -0.1) is 0 Å². The summed E-state index contributed by atoms with van der Waals surface area (Å²) in [5.74, 6) is -0.198. The summed E-state index contributed by atoms with van der Waals surface area (Å²) in [6.45, 7) is 5.86. The quantitative estimate of drug-likeness (QED) is 0.0187. The van der Waals surface area contributed by atoms with E-state index in [2.05, 4.69) is 43.5 Å². The van der Waals surface area contributed by atoms with Crippen LogP contribution in [-0.2, 0) is 28.2 Å². The molecule has 0 aromatic rings. The molecule has 0 amide bonds. The third-order valence-electron chi connectivity index (χ3n) is 8.61. The first kappa shape index (κ1) is 50.0. The maximum Gasteiger partial charge on any atom is 0.469 e. The van der Waals surface area contributed by atoms with Gasteiger partial charge in [0, 0.05) is 12.8 Å². The van der Waals surface area contributed by atoms with Gasteiger partial charge in [-0.05, 0) is 50.9 Å². The van der Waals surface area contributed by atoms with Gasteiger partial charge in [-0.1, -0.05) is 166 Å². The molecule has 2 atom stereocenters. The summed E-state index contributed by atoms with van der Waals surface area (Å²) in [5, 5.41) is 10.1. The van der Waals surface area contributed by atoms with Crippen LogP contribution in [0.5, 0.6) is 0 Å². The lowest BCUT2D eigenvalue weighted by molar-refractivity contribution is -0.161. The molecule has 0 radical (unpaired) electrons. The van der Waals surface area contributed by atoms with Gasteiger partial charge >= 0.3 is 19.8 Å². The van der Waals surface area contributed by atoms with Crippen LogP contribution in [0.4, 0.5) is 0 Å². The molecule has 1 unspecified atom stereocenters. The third-order valence-corrected chi connectivity index (χ3v) is 9.09. The van der Waals surface area contributed by atoms with Crippen molar-refractivity contribution in [2.75, 3.05) is 13.2 Å². The number of aliphatic hydroxyl groups excluding tert-OH is 1. The fourth-order valence-electron chi connectivity index (χ4n) is 5.51. The van der Waals surface area contributed by atoms with Gasteiger partial charge in [0.2, 0.25) is 0 Å². The van der Waals surface area contributed by atoms with Crippen molar-refractivity contribution in [1.82, 2.24) is 0 Å². The van der Waals surface area contributed by atoms with Crippen molar-refractivity contribution in [2.45, 2.75) is 187 Å². The first-order valence-electron chi connectivity index (χ1n) is 20.4. The first-order valence-corrected chi connectivity index (χ1v) is 21.9. The predicted octanol–water partition coefficient (Wildman–Crippen LogP) is 11.2. The molecule has 0 aliphatic rings. The summed E-state index contributed by atoms with van der Waals surface area (Å²) in [6, 6.07) is 0. The highest BCUT2D eigenvalue weighted by molar-refractivity contribution is 7.46. The number of ether oxygens (including phenoxy) is 2. The molecule has 3 N–H and O–H groups in total. The van der Waals surface area contributed by atoms with Gasteiger partial charge in [0.1, 0.15) is 6.61 Å². The molecule has 0 fully saturated rings. The second-order valence-corrected chi connectivity index (χ2v) is 15.5. The second-order valence-electron chi connectivity index (χ2n) is 14.3. The number of unbranched alkanes of at least 4 members (excludes halogenated alkanes) is 16. The van der Waals surface area contributed by atoms with Crippen LogP contribution in [0.2, 0.25) is 0 Å². The number of allylic oxidation sites excluding steroid dienone is 6. The Hall–Kier alpha value is -2.03. The largest absolute Gasteiger partial charge is 0.469 e. The van der Waals surface area contributed by atoms with Crippen molar-refractivity contribution in [2.24, 2.45) is 5.92 Å². The molecule has 0 aromatic carbocycles. The van der Waals surface area contributed by atoms with Crippen molar-refractivity contribution < 1.29 is 43.0 Å². The van der Waals surface area contributed by atoms with Crippen molar-refractivity contribution in [3.63, 3.8) is 0 Å². The number of aliphatic hydroxyl groups is 1. The number of carbonyl (C=O) groups is 2. The van der Waals surface area contributed by atoms with Gasteiger partial charge in [0.05, 0.1) is 12.7 Å². The average molecular weight is 755 g/mol. The van der Waals surface area contributed by atoms with E-state index in [1.807, 2.05) is 18.2 Å². The summed E-state index contributed by atoms with van der Waals surface area (Å²) < 4.78 is 26.3.